The van der Waals surface area contributed by atoms with E-state index in [2.05, 4.69) is 5.43 Å². The molecule has 1 N–H and O–H groups in total. The van der Waals surface area contributed by atoms with Gasteiger partial charge in [0.25, 0.3) is 0 Å². The molecule has 0 aliphatic carbocycles. The van der Waals surface area contributed by atoms with E-state index in [4.69, 9.17) is 4.74 Å². The van der Waals surface area contributed by atoms with Gasteiger partial charge in [-0.05, 0) is 0 Å². The van der Waals surface area contributed by atoms with Crippen molar-refractivity contribution in [1.82, 2.24) is 5.43 Å². The summed E-state index contributed by atoms with van der Waals surface area (Å²) in [7, 11) is 0. The summed E-state index contributed by atoms with van der Waals surface area (Å²) < 4.78 is 6.44. The first-order valence-corrected chi connectivity index (χ1v) is 4.10. The molecule has 0 radical (unpaired) electrons. The zero-order valence-electron chi connectivity index (χ0n) is 6.31. The fourth-order valence-corrected chi connectivity index (χ4v) is 1.87. The Hall–Kier alpha value is -0.120. The van der Waals surface area contributed by atoms with E-state index in [9.17, 15) is 0 Å². The molecular weight excluding hydrogens is 128 g/mol. The summed E-state index contributed by atoms with van der Waals surface area (Å²) in [6.07, 6.45) is 2.72. The molecular formula is C7H15N2O+. The zero-order chi connectivity index (χ0) is 6.86. The highest BCUT2D eigenvalue weighted by molar-refractivity contribution is 4.52. The molecule has 3 heteroatoms. The highest BCUT2D eigenvalue weighted by atomic mass is 16.5. The van der Waals surface area contributed by atoms with Crippen LogP contribution in [0.4, 0.5) is 0 Å². The normalized spacial score (nSPS) is 31.2. The highest BCUT2D eigenvalue weighted by Crippen LogP contribution is 2.17. The second kappa shape index (κ2) is 2.49. The van der Waals surface area contributed by atoms with Crippen molar-refractivity contribution in [1.29, 1.82) is 0 Å². The molecule has 10 heavy (non-hydrogen) atoms. The maximum atomic E-state index is 5.42. The molecule has 0 saturated carbocycles. The maximum absolute atomic E-state index is 5.42. The van der Waals surface area contributed by atoms with E-state index >= 15 is 0 Å². The monoisotopic (exact) mass is 143 g/mol. The zero-order valence-corrected chi connectivity index (χ0v) is 6.31. The van der Waals surface area contributed by atoms with Crippen molar-refractivity contribution in [3.05, 3.63) is 0 Å². The Morgan fingerprint density at radius 2 is 2.00 bits per heavy atom. The van der Waals surface area contributed by atoms with Crippen LogP contribution in [0, 0.1) is 0 Å². The van der Waals surface area contributed by atoms with Gasteiger partial charge in [0, 0.05) is 12.8 Å². The van der Waals surface area contributed by atoms with E-state index in [1.54, 1.807) is 0 Å². The number of quaternary nitrogens is 1. The molecule has 1 spiro atoms. The minimum atomic E-state index is 0.889. The average Bonchev–Trinajstić information content (AvgIpc) is 2.39. The molecule has 0 bridgehead atoms. The van der Waals surface area contributed by atoms with E-state index in [0.29, 0.717) is 0 Å². The van der Waals surface area contributed by atoms with Crippen LogP contribution in [0.1, 0.15) is 12.8 Å². The Morgan fingerprint density at radius 1 is 1.20 bits per heavy atom. The molecule has 2 saturated heterocycles. The number of nitrogens with zero attached hydrogens (tertiary/aromatic N) is 1. The van der Waals surface area contributed by atoms with Crippen LogP contribution in [0.25, 0.3) is 0 Å². The summed E-state index contributed by atoms with van der Waals surface area (Å²) in [5.41, 5.74) is 3.51. The fourth-order valence-electron chi connectivity index (χ4n) is 1.87. The Bertz CT molecular complexity index is 113. The van der Waals surface area contributed by atoms with Gasteiger partial charge < -0.3 is 4.74 Å². The van der Waals surface area contributed by atoms with Crippen LogP contribution in [0.5, 0.6) is 0 Å². The van der Waals surface area contributed by atoms with Crippen LogP contribution in [-0.2, 0) is 4.74 Å². The van der Waals surface area contributed by atoms with E-state index in [-0.39, 0.29) is 0 Å². The third kappa shape index (κ3) is 1.05. The molecule has 0 atom stereocenters. The number of rotatable bonds is 0. The van der Waals surface area contributed by atoms with Gasteiger partial charge in [-0.2, -0.15) is 5.43 Å². The van der Waals surface area contributed by atoms with E-state index in [0.717, 1.165) is 24.5 Å². The topological polar surface area (TPSA) is 21.3 Å². The SMILES string of the molecule is C1CC[N+]2(C1)COCCN2. The summed E-state index contributed by atoms with van der Waals surface area (Å²) in [4.78, 5) is 0. The molecule has 3 nitrogen and oxygen atoms in total. The van der Waals surface area contributed by atoms with Gasteiger partial charge in [-0.25, -0.2) is 4.59 Å². The van der Waals surface area contributed by atoms with Gasteiger partial charge >= 0.3 is 0 Å². The second-order valence-electron chi connectivity index (χ2n) is 3.24. The molecule has 2 fully saturated rings. The maximum Gasteiger partial charge on any atom is 0.200 e. The molecule has 2 aliphatic rings. The Morgan fingerprint density at radius 3 is 2.60 bits per heavy atom. The molecule has 0 aromatic carbocycles. The molecule has 2 heterocycles. The summed E-state index contributed by atoms with van der Waals surface area (Å²) in [5.74, 6) is 0. The lowest BCUT2D eigenvalue weighted by atomic mass is 10.4. The molecule has 0 unspecified atom stereocenters. The van der Waals surface area contributed by atoms with Gasteiger partial charge in [-0.1, -0.05) is 0 Å². The van der Waals surface area contributed by atoms with Crippen LogP contribution < -0.4 is 5.43 Å². The predicted octanol–water partition coefficient (Wildman–Crippen LogP) is 0.0893. The first-order valence-electron chi connectivity index (χ1n) is 4.10. The standard InChI is InChI=1S/C7H15N2O/c1-2-5-9(4-1)7-10-6-3-8-9/h8H,1-7H2/q+1. The van der Waals surface area contributed by atoms with Gasteiger partial charge in [-0.15, -0.1) is 0 Å². The number of ether oxygens (including phenoxy) is 1. The van der Waals surface area contributed by atoms with Crippen molar-refractivity contribution in [3.63, 3.8) is 0 Å². The lowest BCUT2D eigenvalue weighted by molar-refractivity contribution is -0.982. The van der Waals surface area contributed by atoms with Crippen LogP contribution >= 0.6 is 0 Å². The van der Waals surface area contributed by atoms with Gasteiger partial charge in [0.15, 0.2) is 0 Å². The first-order chi connectivity index (χ1) is 4.91. The quantitative estimate of drug-likeness (QED) is 0.485. The molecule has 0 aromatic rings. The van der Waals surface area contributed by atoms with Crippen molar-refractivity contribution in [3.8, 4) is 0 Å². The summed E-state index contributed by atoms with van der Waals surface area (Å²) in [6.45, 7) is 5.33. The summed E-state index contributed by atoms with van der Waals surface area (Å²) in [5, 5.41) is 0. The third-order valence-electron chi connectivity index (χ3n) is 2.45. The van der Waals surface area contributed by atoms with Crippen LogP contribution in [0.2, 0.25) is 0 Å². The summed E-state index contributed by atoms with van der Waals surface area (Å²) in [6, 6.07) is 0. The van der Waals surface area contributed by atoms with Gasteiger partial charge in [0.2, 0.25) is 6.73 Å². The largest absolute Gasteiger partial charge is 0.329 e. The predicted molar refractivity (Wildman–Crippen MR) is 38.1 cm³/mol. The average molecular weight is 143 g/mol. The summed E-state index contributed by atoms with van der Waals surface area (Å²) >= 11 is 0. The van der Waals surface area contributed by atoms with E-state index in [1.165, 1.54) is 25.9 Å². The molecule has 0 amide bonds. The van der Waals surface area contributed by atoms with Crippen molar-refractivity contribution in [2.75, 3.05) is 33.0 Å². The van der Waals surface area contributed by atoms with Crippen molar-refractivity contribution >= 4 is 0 Å². The Labute approximate surface area is 61.5 Å². The van der Waals surface area contributed by atoms with E-state index in [1.807, 2.05) is 0 Å². The van der Waals surface area contributed by atoms with Crippen molar-refractivity contribution < 1.29 is 9.33 Å². The molecule has 2 rings (SSSR count). The first kappa shape index (κ1) is 6.58. The Kier molecular flexibility index (Phi) is 1.64. The Balaban J connectivity index is 1.98. The van der Waals surface area contributed by atoms with Crippen molar-refractivity contribution in [2.45, 2.75) is 12.8 Å². The molecule has 58 valence electrons. The van der Waals surface area contributed by atoms with Gasteiger partial charge in [0.1, 0.15) is 0 Å². The smallest absolute Gasteiger partial charge is 0.200 e. The van der Waals surface area contributed by atoms with Crippen LogP contribution in [0.3, 0.4) is 0 Å². The number of hydrogen-bond acceptors (Lipinski definition) is 2. The van der Waals surface area contributed by atoms with Crippen molar-refractivity contribution in [2.24, 2.45) is 0 Å². The number of hydrogen-bond donors (Lipinski definition) is 1. The second-order valence-corrected chi connectivity index (χ2v) is 3.24. The minimum Gasteiger partial charge on any atom is -0.329 e. The highest BCUT2D eigenvalue weighted by Gasteiger charge is 2.34. The molecule has 2 aliphatic heterocycles. The van der Waals surface area contributed by atoms with Gasteiger partial charge in [0.05, 0.1) is 26.2 Å². The fraction of sp³-hybridized carbons (Fsp3) is 1.00. The van der Waals surface area contributed by atoms with E-state index < -0.39 is 0 Å². The van der Waals surface area contributed by atoms with Gasteiger partial charge in [-0.3, -0.25) is 0 Å². The van der Waals surface area contributed by atoms with Crippen LogP contribution in [0.15, 0.2) is 0 Å². The minimum absolute atomic E-state index is 0.889. The van der Waals surface area contributed by atoms with Crippen LogP contribution in [-0.4, -0.2) is 37.6 Å². The number of nitrogens with one attached hydrogen (secondary N) is 1. The lowest BCUT2D eigenvalue weighted by Crippen LogP contribution is -2.61. The lowest BCUT2D eigenvalue weighted by Gasteiger charge is -2.36. The third-order valence-corrected chi connectivity index (χ3v) is 2.45. The molecule has 0 aromatic heterocycles.